The van der Waals surface area contributed by atoms with Gasteiger partial charge in [0.15, 0.2) is 0 Å². The molecule has 1 aliphatic rings. The third-order valence-electron chi connectivity index (χ3n) is 4.91. The number of unbranched alkanes of at least 4 members (excludes halogenated alkanes) is 1. The van der Waals surface area contributed by atoms with E-state index >= 15 is 0 Å². The van der Waals surface area contributed by atoms with Crippen LogP contribution in [0.25, 0.3) is 0 Å². The number of carbonyl (C=O) groups is 2. The molecule has 0 bridgehead atoms. The highest BCUT2D eigenvalue weighted by molar-refractivity contribution is 5.94. The molecule has 1 fully saturated rings. The van der Waals surface area contributed by atoms with Crippen molar-refractivity contribution in [1.29, 1.82) is 5.26 Å². The van der Waals surface area contributed by atoms with E-state index in [0.717, 1.165) is 18.5 Å². The second kappa shape index (κ2) is 10.9. The summed E-state index contributed by atoms with van der Waals surface area (Å²) < 4.78 is 5.62. The molecule has 3 amide bonds. The average Bonchev–Trinajstić information content (AvgIpc) is 2.78. The number of nitriles is 1. The zero-order chi connectivity index (χ0) is 21.2. The summed E-state index contributed by atoms with van der Waals surface area (Å²) in [5.41, 5.74) is 1.39. The lowest BCUT2D eigenvalue weighted by Crippen LogP contribution is -2.45. The number of hydrogen-bond donors (Lipinski definition) is 2. The minimum Gasteiger partial charge on any atom is -0.493 e. The maximum absolute atomic E-state index is 12.8. The lowest BCUT2D eigenvalue weighted by molar-refractivity contribution is -0.121. The van der Waals surface area contributed by atoms with Gasteiger partial charge in [0.25, 0.3) is 0 Å². The number of carbonyl (C=O) groups excluding carboxylic acids is 2. The van der Waals surface area contributed by atoms with E-state index in [1.165, 1.54) is 0 Å². The predicted octanol–water partition coefficient (Wildman–Crippen LogP) is 4.25. The monoisotopic (exact) mass is 406 g/mol. The number of amides is 3. The van der Waals surface area contributed by atoms with Crippen LogP contribution in [0.4, 0.5) is 16.2 Å². The highest BCUT2D eigenvalue weighted by Gasteiger charge is 2.28. The van der Waals surface area contributed by atoms with E-state index in [9.17, 15) is 9.59 Å². The van der Waals surface area contributed by atoms with Gasteiger partial charge in [0, 0.05) is 37.0 Å². The molecule has 30 heavy (non-hydrogen) atoms. The van der Waals surface area contributed by atoms with Gasteiger partial charge in [-0.1, -0.05) is 24.3 Å². The zero-order valence-electron chi connectivity index (χ0n) is 16.8. The van der Waals surface area contributed by atoms with Gasteiger partial charge < -0.3 is 20.3 Å². The molecule has 2 N–H and O–H groups in total. The van der Waals surface area contributed by atoms with Gasteiger partial charge in [0.1, 0.15) is 5.75 Å². The minimum atomic E-state index is -0.263. The molecule has 0 radical (unpaired) electrons. The number of likely N-dealkylation sites (tertiary alicyclic amines) is 1. The normalized spacial score (nSPS) is 15.7. The highest BCUT2D eigenvalue weighted by atomic mass is 16.5. The summed E-state index contributed by atoms with van der Waals surface area (Å²) in [5.74, 6) is 0.285. The van der Waals surface area contributed by atoms with Crippen LogP contribution in [-0.4, -0.2) is 36.5 Å². The van der Waals surface area contributed by atoms with Crippen molar-refractivity contribution in [3.8, 4) is 11.8 Å². The second-order valence-electron chi connectivity index (χ2n) is 7.21. The number of piperidine rings is 1. The fourth-order valence-electron chi connectivity index (χ4n) is 3.35. The number of ether oxygens (including phenoxy) is 1. The number of para-hydroxylation sites is 1. The lowest BCUT2D eigenvalue weighted by atomic mass is 9.97. The fraction of sp³-hybridized carbons (Fsp3) is 0.348. The Balaban J connectivity index is 1.52. The van der Waals surface area contributed by atoms with Gasteiger partial charge in [-0.15, -0.1) is 0 Å². The van der Waals surface area contributed by atoms with Gasteiger partial charge in [-0.2, -0.15) is 5.26 Å². The van der Waals surface area contributed by atoms with Gasteiger partial charge in [0.2, 0.25) is 5.91 Å². The summed E-state index contributed by atoms with van der Waals surface area (Å²) in [6.07, 6.45) is 2.64. The van der Waals surface area contributed by atoms with Crippen molar-refractivity contribution in [3.63, 3.8) is 0 Å². The van der Waals surface area contributed by atoms with Crippen molar-refractivity contribution < 1.29 is 14.3 Å². The molecule has 2 aromatic carbocycles. The Morgan fingerprint density at radius 2 is 1.90 bits per heavy atom. The third-order valence-corrected chi connectivity index (χ3v) is 4.91. The first-order valence-electron chi connectivity index (χ1n) is 10.2. The Morgan fingerprint density at radius 1 is 1.10 bits per heavy atom. The second-order valence-corrected chi connectivity index (χ2v) is 7.21. The van der Waals surface area contributed by atoms with Crippen molar-refractivity contribution in [2.24, 2.45) is 5.92 Å². The molecule has 7 heteroatoms. The Labute approximate surface area is 176 Å². The minimum absolute atomic E-state index is 0.103. The smallest absolute Gasteiger partial charge is 0.321 e. The van der Waals surface area contributed by atoms with E-state index in [1.807, 2.05) is 48.5 Å². The summed E-state index contributed by atoms with van der Waals surface area (Å²) >= 11 is 0. The number of hydrogen-bond acceptors (Lipinski definition) is 4. The van der Waals surface area contributed by atoms with Crippen molar-refractivity contribution in [2.45, 2.75) is 25.7 Å². The van der Waals surface area contributed by atoms with Crippen molar-refractivity contribution in [3.05, 3.63) is 54.6 Å². The lowest BCUT2D eigenvalue weighted by Gasteiger charge is -2.32. The van der Waals surface area contributed by atoms with Gasteiger partial charge in [-0.3, -0.25) is 4.79 Å². The predicted molar refractivity (Wildman–Crippen MR) is 115 cm³/mol. The first kappa shape index (κ1) is 21.2. The van der Waals surface area contributed by atoms with Crippen LogP contribution < -0.4 is 15.4 Å². The molecule has 0 spiro atoms. The topological polar surface area (TPSA) is 94.5 Å². The van der Waals surface area contributed by atoms with Crippen LogP contribution in [-0.2, 0) is 4.79 Å². The molecule has 1 atom stereocenters. The van der Waals surface area contributed by atoms with Gasteiger partial charge >= 0.3 is 6.03 Å². The summed E-state index contributed by atoms with van der Waals surface area (Å²) in [5, 5.41) is 14.4. The summed E-state index contributed by atoms with van der Waals surface area (Å²) in [6.45, 7) is 1.47. The van der Waals surface area contributed by atoms with E-state index < -0.39 is 0 Å². The first-order chi connectivity index (χ1) is 14.7. The summed E-state index contributed by atoms with van der Waals surface area (Å²) in [4.78, 5) is 27.0. The number of urea groups is 1. The van der Waals surface area contributed by atoms with Gasteiger partial charge in [-0.05, 0) is 43.5 Å². The molecule has 1 aliphatic heterocycles. The number of rotatable bonds is 7. The molecule has 1 saturated heterocycles. The van der Waals surface area contributed by atoms with E-state index in [0.29, 0.717) is 44.0 Å². The van der Waals surface area contributed by atoms with E-state index in [4.69, 9.17) is 10.00 Å². The molecule has 3 rings (SSSR count). The number of benzene rings is 2. The maximum atomic E-state index is 12.8. The average molecular weight is 406 g/mol. The van der Waals surface area contributed by atoms with Crippen LogP contribution in [0.15, 0.2) is 54.6 Å². The molecule has 0 aromatic heterocycles. The standard InChI is InChI=1S/C23H26N4O3/c24-13-4-5-15-30-21-12-6-11-20(16-21)25-22(28)18-8-7-14-27(17-18)23(29)26-19-9-2-1-3-10-19/h1-3,6,9-12,16,18H,4-5,7-8,14-15,17H2,(H,25,28)(H,26,29). The molecule has 1 heterocycles. The molecule has 7 nitrogen and oxygen atoms in total. The number of nitrogens with one attached hydrogen (secondary N) is 2. The van der Waals surface area contributed by atoms with Crippen LogP contribution in [0.1, 0.15) is 25.7 Å². The largest absolute Gasteiger partial charge is 0.493 e. The number of anilines is 2. The van der Waals surface area contributed by atoms with Crippen molar-refractivity contribution in [2.75, 3.05) is 30.3 Å². The van der Waals surface area contributed by atoms with E-state index in [1.54, 1.807) is 11.0 Å². The Kier molecular flexibility index (Phi) is 7.67. The quantitative estimate of drug-likeness (QED) is 0.672. The van der Waals surface area contributed by atoms with Gasteiger partial charge in [0.05, 0.1) is 18.6 Å². The van der Waals surface area contributed by atoms with E-state index in [2.05, 4.69) is 16.7 Å². The molecule has 0 saturated carbocycles. The molecule has 156 valence electrons. The highest BCUT2D eigenvalue weighted by Crippen LogP contribution is 2.22. The van der Waals surface area contributed by atoms with E-state index in [-0.39, 0.29) is 17.9 Å². The Morgan fingerprint density at radius 3 is 2.70 bits per heavy atom. The number of nitrogens with zero attached hydrogens (tertiary/aromatic N) is 2. The van der Waals surface area contributed by atoms with Crippen molar-refractivity contribution in [1.82, 2.24) is 4.90 Å². The van der Waals surface area contributed by atoms with Crippen LogP contribution in [0.2, 0.25) is 0 Å². The van der Waals surface area contributed by atoms with Crippen molar-refractivity contribution >= 4 is 23.3 Å². The first-order valence-corrected chi connectivity index (χ1v) is 10.2. The Hall–Kier alpha value is -3.53. The third kappa shape index (κ3) is 6.24. The van der Waals surface area contributed by atoms with Crippen LogP contribution in [0.3, 0.4) is 0 Å². The van der Waals surface area contributed by atoms with Gasteiger partial charge in [-0.25, -0.2) is 4.79 Å². The summed E-state index contributed by atoms with van der Waals surface area (Å²) in [6, 6.07) is 18.4. The maximum Gasteiger partial charge on any atom is 0.321 e. The van der Waals surface area contributed by atoms with Crippen LogP contribution in [0.5, 0.6) is 5.75 Å². The zero-order valence-corrected chi connectivity index (χ0v) is 16.8. The molecule has 2 aromatic rings. The SMILES string of the molecule is N#CCCCOc1cccc(NC(=O)C2CCCN(C(=O)Nc3ccccc3)C2)c1. The summed E-state index contributed by atoms with van der Waals surface area (Å²) in [7, 11) is 0. The fourth-order valence-corrected chi connectivity index (χ4v) is 3.35. The van der Waals surface area contributed by atoms with Crippen LogP contribution >= 0.6 is 0 Å². The Bertz CT molecular complexity index is 895. The molecule has 0 aliphatic carbocycles. The molecular weight excluding hydrogens is 380 g/mol. The molecule has 1 unspecified atom stereocenters. The molecular formula is C23H26N4O3. The van der Waals surface area contributed by atoms with Crippen LogP contribution in [0, 0.1) is 17.2 Å².